The molecular weight excluding hydrogens is 320 g/mol. The second-order valence-corrected chi connectivity index (χ2v) is 7.78. The molecule has 1 unspecified atom stereocenters. The van der Waals surface area contributed by atoms with Crippen molar-refractivity contribution in [2.45, 2.75) is 9.79 Å². The van der Waals surface area contributed by atoms with Gasteiger partial charge < -0.3 is 4.18 Å². The second-order valence-electron chi connectivity index (χ2n) is 5.13. The molecule has 0 N–H and O–H groups in total. The first-order valence-electron chi connectivity index (χ1n) is 6.69. The van der Waals surface area contributed by atoms with Crippen molar-refractivity contribution >= 4 is 28.1 Å². The van der Waals surface area contributed by atoms with Gasteiger partial charge in [0.15, 0.2) is 0 Å². The molecule has 0 aromatic heterocycles. The highest BCUT2D eigenvalue weighted by atomic mass is 32.3. The summed E-state index contributed by atoms with van der Waals surface area (Å²) in [5.74, 6) is -0.871. The number of nitrogens with zero attached hydrogens (tertiary/aromatic N) is 2. The van der Waals surface area contributed by atoms with Crippen LogP contribution in [0.2, 0.25) is 0 Å². The number of hydrogen-bond donors (Lipinski definition) is 0. The van der Waals surface area contributed by atoms with Crippen molar-refractivity contribution in [1.29, 1.82) is 0 Å². The average Bonchev–Trinajstić information content (AvgIpc) is 2.97. The van der Waals surface area contributed by atoms with Crippen molar-refractivity contribution < 1.29 is 18.7 Å². The first-order valence-corrected chi connectivity index (χ1v) is 8.21. The monoisotopic (exact) mass is 330 g/mol. The quantitative estimate of drug-likeness (QED) is 0.592. The Labute approximate surface area is 132 Å². The molecule has 1 atom stereocenters. The largest absolute Gasteiger partial charge is 0.383 e. The highest BCUT2D eigenvalue weighted by Crippen LogP contribution is 2.73. The Kier molecular flexibility index (Phi) is 2.59. The zero-order valence-corrected chi connectivity index (χ0v) is 12.7. The SMILES string of the molecule is CN1C(=O)c2ccccc2S12OC(=O)c1cc([N+](=O)[O-])ccc12. The molecule has 2 aromatic rings. The van der Waals surface area contributed by atoms with Crippen LogP contribution in [0.3, 0.4) is 0 Å². The van der Waals surface area contributed by atoms with E-state index in [-0.39, 0.29) is 17.2 Å². The van der Waals surface area contributed by atoms with E-state index < -0.39 is 21.4 Å². The van der Waals surface area contributed by atoms with Crippen LogP contribution in [-0.2, 0) is 4.18 Å². The van der Waals surface area contributed by atoms with Crippen LogP contribution in [-0.4, -0.2) is 28.2 Å². The van der Waals surface area contributed by atoms with Crippen LogP contribution >= 0.6 is 10.5 Å². The normalized spacial score (nSPS) is 24.1. The molecule has 0 radical (unpaired) electrons. The average molecular weight is 330 g/mol. The molecule has 0 saturated heterocycles. The van der Waals surface area contributed by atoms with Gasteiger partial charge in [-0.15, -0.1) is 0 Å². The summed E-state index contributed by atoms with van der Waals surface area (Å²) in [6.45, 7) is 0. The molecule has 0 bridgehead atoms. The number of rotatable bonds is 1. The molecule has 4 rings (SSSR count). The lowest BCUT2D eigenvalue weighted by atomic mass is 10.2. The molecular formula is C15H10N2O5S. The third-order valence-electron chi connectivity index (χ3n) is 3.98. The van der Waals surface area contributed by atoms with E-state index in [9.17, 15) is 19.7 Å². The fraction of sp³-hybridized carbons (Fsp3) is 0.0667. The molecule has 0 aliphatic carbocycles. The maximum atomic E-state index is 12.5. The second kappa shape index (κ2) is 4.32. The van der Waals surface area contributed by atoms with Crippen LogP contribution < -0.4 is 0 Å². The van der Waals surface area contributed by atoms with Crippen molar-refractivity contribution in [3.05, 3.63) is 63.7 Å². The van der Waals surface area contributed by atoms with E-state index in [4.69, 9.17) is 4.18 Å². The van der Waals surface area contributed by atoms with Gasteiger partial charge in [0, 0.05) is 29.7 Å². The summed E-state index contributed by atoms with van der Waals surface area (Å²) in [5.41, 5.74) is 0.451. The number of fused-ring (bicyclic) bond motifs is 4. The van der Waals surface area contributed by atoms with Gasteiger partial charge in [-0.1, -0.05) is 12.1 Å². The van der Waals surface area contributed by atoms with Gasteiger partial charge in [0.2, 0.25) is 0 Å². The summed E-state index contributed by atoms with van der Waals surface area (Å²) in [5, 5.41) is 10.9. The first kappa shape index (κ1) is 13.8. The maximum Gasteiger partial charge on any atom is 0.352 e. The number of carbonyl (C=O) groups is 2. The zero-order chi connectivity index (χ0) is 16.4. The predicted octanol–water partition coefficient (Wildman–Crippen LogP) is 2.90. The molecule has 2 aromatic carbocycles. The highest BCUT2D eigenvalue weighted by Gasteiger charge is 2.54. The topological polar surface area (TPSA) is 89.8 Å². The summed E-state index contributed by atoms with van der Waals surface area (Å²) >= 11 is 0. The number of amides is 1. The van der Waals surface area contributed by atoms with E-state index in [0.29, 0.717) is 15.4 Å². The molecule has 7 nitrogen and oxygen atoms in total. The summed E-state index contributed by atoms with van der Waals surface area (Å²) in [6, 6.07) is 11.0. The van der Waals surface area contributed by atoms with Crippen LogP contribution in [0.4, 0.5) is 5.69 Å². The molecule has 2 heterocycles. The molecule has 8 heteroatoms. The smallest absolute Gasteiger partial charge is 0.352 e. The fourth-order valence-electron chi connectivity index (χ4n) is 2.92. The minimum atomic E-state index is -2.45. The van der Waals surface area contributed by atoms with Crippen LogP contribution in [0.1, 0.15) is 20.7 Å². The third-order valence-corrected chi connectivity index (χ3v) is 7.21. The van der Waals surface area contributed by atoms with Crippen molar-refractivity contribution in [2.24, 2.45) is 0 Å². The van der Waals surface area contributed by atoms with Gasteiger partial charge in [0.25, 0.3) is 11.6 Å². The van der Waals surface area contributed by atoms with E-state index in [1.807, 2.05) is 0 Å². The molecule has 23 heavy (non-hydrogen) atoms. The van der Waals surface area contributed by atoms with Gasteiger partial charge in [0.1, 0.15) is 0 Å². The summed E-state index contributed by atoms with van der Waals surface area (Å²) < 4.78 is 7.09. The standard InChI is InChI=1S/C15H10N2O5S/c1-16-14(18)10-4-2-3-5-12(10)23(16)13-7-6-9(17(20)21)8-11(13)15(19)22-23/h2-8H,1H3. The number of nitro groups is 1. The van der Waals surface area contributed by atoms with Crippen molar-refractivity contribution in [1.82, 2.24) is 4.31 Å². The molecule has 116 valence electrons. The Morgan fingerprint density at radius 3 is 2.52 bits per heavy atom. The Morgan fingerprint density at radius 2 is 1.78 bits per heavy atom. The minimum absolute atomic E-state index is 0.144. The Balaban J connectivity index is 2.02. The number of benzene rings is 2. The molecule has 1 spiro atoms. The predicted molar refractivity (Wildman–Crippen MR) is 81.2 cm³/mol. The summed E-state index contributed by atoms with van der Waals surface area (Å²) in [4.78, 5) is 36.3. The van der Waals surface area contributed by atoms with Gasteiger partial charge in [-0.05, 0) is 18.2 Å². The number of nitro benzene ring substituents is 1. The Hall–Kier alpha value is -2.87. The fourth-order valence-corrected chi connectivity index (χ4v) is 6.09. The Bertz CT molecular complexity index is 912. The third kappa shape index (κ3) is 1.55. The lowest BCUT2D eigenvalue weighted by Gasteiger charge is -2.36. The summed E-state index contributed by atoms with van der Waals surface area (Å²) in [6.07, 6.45) is 0. The molecule has 1 amide bonds. The van der Waals surface area contributed by atoms with E-state index >= 15 is 0 Å². The maximum absolute atomic E-state index is 12.5. The highest BCUT2D eigenvalue weighted by molar-refractivity contribution is 8.29. The van der Waals surface area contributed by atoms with Gasteiger partial charge in [0.05, 0.1) is 25.8 Å². The van der Waals surface area contributed by atoms with Gasteiger partial charge >= 0.3 is 5.97 Å². The lowest BCUT2D eigenvalue weighted by Crippen LogP contribution is -2.23. The van der Waals surface area contributed by atoms with Crippen LogP contribution in [0.25, 0.3) is 0 Å². The van der Waals surface area contributed by atoms with E-state index in [2.05, 4.69) is 0 Å². The van der Waals surface area contributed by atoms with Crippen LogP contribution in [0, 0.1) is 10.1 Å². The van der Waals surface area contributed by atoms with E-state index in [0.717, 1.165) is 0 Å². The van der Waals surface area contributed by atoms with Gasteiger partial charge in [-0.3, -0.25) is 19.2 Å². The van der Waals surface area contributed by atoms with Crippen LogP contribution in [0.15, 0.2) is 52.3 Å². The van der Waals surface area contributed by atoms with Crippen molar-refractivity contribution in [2.75, 3.05) is 7.05 Å². The van der Waals surface area contributed by atoms with E-state index in [1.54, 1.807) is 31.3 Å². The van der Waals surface area contributed by atoms with Crippen molar-refractivity contribution in [3.63, 3.8) is 0 Å². The van der Waals surface area contributed by atoms with Crippen LogP contribution in [0.5, 0.6) is 0 Å². The summed E-state index contributed by atoms with van der Waals surface area (Å²) in [7, 11) is -0.868. The number of hydrogen-bond acceptors (Lipinski definition) is 5. The molecule has 0 fully saturated rings. The molecule has 2 aliphatic heterocycles. The van der Waals surface area contributed by atoms with Gasteiger partial charge in [-0.2, -0.15) is 0 Å². The Morgan fingerprint density at radius 1 is 1.09 bits per heavy atom. The van der Waals surface area contributed by atoms with Gasteiger partial charge in [-0.25, -0.2) is 4.79 Å². The minimum Gasteiger partial charge on any atom is -0.383 e. The number of carbonyl (C=O) groups excluding carboxylic acids is 2. The van der Waals surface area contributed by atoms with E-state index in [1.165, 1.54) is 22.5 Å². The molecule has 2 aliphatic rings. The molecule has 0 saturated carbocycles. The van der Waals surface area contributed by atoms with Crippen molar-refractivity contribution in [3.8, 4) is 0 Å². The first-order chi connectivity index (χ1) is 11.0. The lowest BCUT2D eigenvalue weighted by molar-refractivity contribution is -0.384. The number of non-ortho nitro benzene ring substituents is 1. The zero-order valence-electron chi connectivity index (χ0n) is 11.9.